The number of rotatable bonds is 4. The summed E-state index contributed by atoms with van der Waals surface area (Å²) in [6, 6.07) is 6.81. The molecule has 1 atom stereocenters. The number of nitrogens with zero attached hydrogens (tertiary/aromatic N) is 1. The zero-order chi connectivity index (χ0) is 14.4. The summed E-state index contributed by atoms with van der Waals surface area (Å²) in [5.74, 6) is 0.496. The summed E-state index contributed by atoms with van der Waals surface area (Å²) >= 11 is 0. The standard InChI is InChI=1S/C15H22N2O2/c1-14(2)13(15(14,3)4)12(16)9-10-5-7-11(8-6-10)17(18)19/h5-8,12-13H,9,16H2,1-4H3. The average molecular weight is 262 g/mol. The van der Waals surface area contributed by atoms with Gasteiger partial charge in [0.1, 0.15) is 0 Å². The normalized spacial score (nSPS) is 21.9. The summed E-state index contributed by atoms with van der Waals surface area (Å²) < 4.78 is 0. The van der Waals surface area contributed by atoms with Crippen molar-refractivity contribution in [2.75, 3.05) is 0 Å². The van der Waals surface area contributed by atoms with Gasteiger partial charge in [0.2, 0.25) is 0 Å². The first kappa shape index (κ1) is 14.0. The Kier molecular flexibility index (Phi) is 3.17. The van der Waals surface area contributed by atoms with E-state index in [0.717, 1.165) is 12.0 Å². The molecule has 19 heavy (non-hydrogen) atoms. The van der Waals surface area contributed by atoms with Gasteiger partial charge in [-0.15, -0.1) is 0 Å². The first-order chi connectivity index (χ1) is 8.68. The summed E-state index contributed by atoms with van der Waals surface area (Å²) in [4.78, 5) is 10.2. The number of nitrogens with two attached hydrogens (primary N) is 1. The van der Waals surface area contributed by atoms with E-state index < -0.39 is 0 Å². The van der Waals surface area contributed by atoms with Gasteiger partial charge in [-0.05, 0) is 28.7 Å². The molecule has 0 spiro atoms. The van der Waals surface area contributed by atoms with E-state index in [4.69, 9.17) is 5.73 Å². The van der Waals surface area contributed by atoms with Gasteiger partial charge in [0, 0.05) is 18.2 Å². The number of benzene rings is 1. The van der Waals surface area contributed by atoms with E-state index in [1.807, 2.05) is 0 Å². The van der Waals surface area contributed by atoms with Gasteiger partial charge in [0.25, 0.3) is 5.69 Å². The van der Waals surface area contributed by atoms with Gasteiger partial charge >= 0.3 is 0 Å². The van der Waals surface area contributed by atoms with E-state index in [-0.39, 0.29) is 27.5 Å². The molecule has 0 amide bonds. The van der Waals surface area contributed by atoms with Gasteiger partial charge in [0.15, 0.2) is 0 Å². The molecule has 1 aliphatic rings. The first-order valence-corrected chi connectivity index (χ1v) is 6.67. The Morgan fingerprint density at radius 2 is 1.68 bits per heavy atom. The summed E-state index contributed by atoms with van der Waals surface area (Å²) in [5.41, 5.74) is 8.06. The van der Waals surface area contributed by atoms with Crippen LogP contribution in [0.1, 0.15) is 33.3 Å². The van der Waals surface area contributed by atoms with E-state index in [1.54, 1.807) is 24.3 Å². The second-order valence-electron chi connectivity index (χ2n) is 6.71. The first-order valence-electron chi connectivity index (χ1n) is 6.67. The molecule has 4 heteroatoms. The van der Waals surface area contributed by atoms with Crippen LogP contribution in [-0.4, -0.2) is 11.0 Å². The SMILES string of the molecule is CC1(C)C(C(N)Cc2ccc([N+](=O)[O-])cc2)C1(C)C. The molecule has 1 saturated carbocycles. The van der Waals surface area contributed by atoms with Crippen molar-refractivity contribution in [1.82, 2.24) is 0 Å². The third kappa shape index (κ3) is 2.25. The molecular formula is C15H22N2O2. The Bertz CT molecular complexity index is 477. The smallest absolute Gasteiger partial charge is 0.269 e. The summed E-state index contributed by atoms with van der Waals surface area (Å²) in [7, 11) is 0. The third-order valence-electron chi connectivity index (χ3n) is 5.18. The van der Waals surface area contributed by atoms with Gasteiger partial charge in [-0.3, -0.25) is 10.1 Å². The maximum Gasteiger partial charge on any atom is 0.269 e. The highest BCUT2D eigenvalue weighted by Crippen LogP contribution is 2.69. The molecule has 0 bridgehead atoms. The summed E-state index contributed by atoms with van der Waals surface area (Å²) in [5, 5.41) is 10.6. The monoisotopic (exact) mass is 262 g/mol. The Balaban J connectivity index is 2.04. The van der Waals surface area contributed by atoms with Crippen LogP contribution >= 0.6 is 0 Å². The minimum atomic E-state index is -0.378. The summed E-state index contributed by atoms with van der Waals surface area (Å²) in [6.07, 6.45) is 0.773. The number of hydrogen-bond donors (Lipinski definition) is 1. The summed E-state index contributed by atoms with van der Waals surface area (Å²) in [6.45, 7) is 9.03. The van der Waals surface area contributed by atoms with Crippen LogP contribution in [0.25, 0.3) is 0 Å². The predicted octanol–water partition coefficient (Wildman–Crippen LogP) is 3.15. The van der Waals surface area contributed by atoms with E-state index >= 15 is 0 Å². The lowest BCUT2D eigenvalue weighted by molar-refractivity contribution is -0.384. The van der Waals surface area contributed by atoms with E-state index in [1.165, 1.54) is 0 Å². The molecule has 0 saturated heterocycles. The molecule has 2 rings (SSSR count). The molecule has 1 aliphatic carbocycles. The number of non-ortho nitro benzene ring substituents is 1. The maximum absolute atomic E-state index is 10.6. The largest absolute Gasteiger partial charge is 0.327 e. The number of hydrogen-bond acceptors (Lipinski definition) is 3. The van der Waals surface area contributed by atoms with Crippen LogP contribution in [0.15, 0.2) is 24.3 Å². The molecular weight excluding hydrogens is 240 g/mol. The minimum Gasteiger partial charge on any atom is -0.327 e. The van der Waals surface area contributed by atoms with Gasteiger partial charge < -0.3 is 5.73 Å². The highest BCUT2D eigenvalue weighted by atomic mass is 16.6. The highest BCUT2D eigenvalue weighted by molar-refractivity contribution is 5.33. The zero-order valence-electron chi connectivity index (χ0n) is 12.0. The molecule has 0 radical (unpaired) electrons. The molecule has 4 nitrogen and oxygen atoms in total. The van der Waals surface area contributed by atoms with Crippen LogP contribution in [-0.2, 0) is 6.42 Å². The Morgan fingerprint density at radius 3 is 2.05 bits per heavy atom. The highest BCUT2D eigenvalue weighted by Gasteiger charge is 2.66. The zero-order valence-corrected chi connectivity index (χ0v) is 12.0. The molecule has 1 fully saturated rings. The average Bonchev–Trinajstić information content (AvgIpc) is 2.69. The molecule has 2 N–H and O–H groups in total. The van der Waals surface area contributed by atoms with E-state index in [2.05, 4.69) is 27.7 Å². The van der Waals surface area contributed by atoms with Crippen molar-refractivity contribution < 1.29 is 4.92 Å². The number of nitro benzene ring substituents is 1. The fraction of sp³-hybridized carbons (Fsp3) is 0.600. The van der Waals surface area contributed by atoms with Crippen LogP contribution in [0.3, 0.4) is 0 Å². The molecule has 0 aromatic heterocycles. The molecule has 0 aliphatic heterocycles. The van der Waals surface area contributed by atoms with Crippen LogP contribution in [0.2, 0.25) is 0 Å². The van der Waals surface area contributed by atoms with Crippen molar-refractivity contribution in [3.8, 4) is 0 Å². The molecule has 1 aromatic carbocycles. The fourth-order valence-electron chi connectivity index (χ4n) is 3.46. The lowest BCUT2D eigenvalue weighted by Gasteiger charge is -2.13. The Morgan fingerprint density at radius 1 is 1.21 bits per heavy atom. The van der Waals surface area contributed by atoms with Crippen LogP contribution in [0.5, 0.6) is 0 Å². The maximum atomic E-state index is 10.6. The molecule has 0 heterocycles. The van der Waals surface area contributed by atoms with Crippen molar-refractivity contribution in [1.29, 1.82) is 0 Å². The van der Waals surface area contributed by atoms with Crippen LogP contribution in [0, 0.1) is 26.9 Å². The minimum absolute atomic E-state index is 0.103. The van der Waals surface area contributed by atoms with Crippen molar-refractivity contribution in [3.63, 3.8) is 0 Å². The molecule has 1 unspecified atom stereocenters. The van der Waals surface area contributed by atoms with Gasteiger partial charge in [-0.25, -0.2) is 0 Å². The fourth-order valence-corrected chi connectivity index (χ4v) is 3.46. The van der Waals surface area contributed by atoms with Gasteiger partial charge in [-0.1, -0.05) is 39.8 Å². The van der Waals surface area contributed by atoms with E-state index in [9.17, 15) is 10.1 Å². The number of nitro groups is 1. The quantitative estimate of drug-likeness (QED) is 0.669. The predicted molar refractivity (Wildman–Crippen MR) is 75.8 cm³/mol. The van der Waals surface area contributed by atoms with Gasteiger partial charge in [-0.2, -0.15) is 0 Å². The van der Waals surface area contributed by atoms with Crippen molar-refractivity contribution >= 4 is 5.69 Å². The lowest BCUT2D eigenvalue weighted by Crippen LogP contribution is -2.28. The Hall–Kier alpha value is -1.42. The third-order valence-corrected chi connectivity index (χ3v) is 5.18. The van der Waals surface area contributed by atoms with E-state index in [0.29, 0.717) is 5.92 Å². The topological polar surface area (TPSA) is 69.2 Å². The molecule has 1 aromatic rings. The van der Waals surface area contributed by atoms with Crippen molar-refractivity contribution in [2.24, 2.45) is 22.5 Å². The second-order valence-corrected chi connectivity index (χ2v) is 6.71. The second kappa shape index (κ2) is 4.30. The van der Waals surface area contributed by atoms with Crippen LogP contribution in [0.4, 0.5) is 5.69 Å². The Labute approximate surface area is 114 Å². The van der Waals surface area contributed by atoms with Crippen molar-refractivity contribution in [3.05, 3.63) is 39.9 Å². The molecule has 104 valence electrons. The lowest BCUT2D eigenvalue weighted by atomic mass is 9.97. The van der Waals surface area contributed by atoms with Gasteiger partial charge in [0.05, 0.1) is 4.92 Å². The van der Waals surface area contributed by atoms with Crippen molar-refractivity contribution in [2.45, 2.75) is 40.2 Å². The van der Waals surface area contributed by atoms with Crippen LogP contribution < -0.4 is 5.73 Å².